The maximum absolute atomic E-state index is 12.3. The first kappa shape index (κ1) is 17.3. The minimum absolute atomic E-state index is 0.390. The van der Waals surface area contributed by atoms with Crippen LogP contribution in [-0.4, -0.2) is 24.7 Å². The van der Waals surface area contributed by atoms with Gasteiger partial charge in [0.1, 0.15) is 4.21 Å². The van der Waals surface area contributed by atoms with Crippen molar-refractivity contribution in [1.82, 2.24) is 14.5 Å². The van der Waals surface area contributed by atoms with Crippen LogP contribution in [0, 0.1) is 0 Å². The van der Waals surface area contributed by atoms with Gasteiger partial charge < -0.3 is 0 Å². The first-order valence-electron chi connectivity index (χ1n) is 7.64. The van der Waals surface area contributed by atoms with Gasteiger partial charge in [-0.25, -0.2) is 13.1 Å². The lowest BCUT2D eigenvalue weighted by atomic mass is 10.3. The molecule has 0 unspecified atom stereocenters. The molecule has 0 atom stereocenters. The Hall–Kier alpha value is -1.48. The van der Waals surface area contributed by atoms with Gasteiger partial charge in [0.25, 0.3) is 0 Å². The molecule has 8 heteroatoms. The zero-order chi connectivity index (χ0) is 17.2. The molecule has 0 spiro atoms. The van der Waals surface area contributed by atoms with E-state index >= 15 is 0 Å². The van der Waals surface area contributed by atoms with Crippen LogP contribution in [0.1, 0.15) is 16.7 Å². The van der Waals surface area contributed by atoms with Gasteiger partial charge >= 0.3 is 0 Å². The zero-order valence-electron chi connectivity index (χ0n) is 13.5. The van der Waals surface area contributed by atoms with Gasteiger partial charge in [0.05, 0.1) is 6.20 Å². The molecule has 0 saturated carbocycles. The Bertz CT molecular complexity index is 922. The highest BCUT2D eigenvalue weighted by Gasteiger charge is 2.16. The van der Waals surface area contributed by atoms with Gasteiger partial charge in [-0.1, -0.05) is 6.92 Å². The molecule has 0 aliphatic rings. The molecule has 0 aromatic carbocycles. The van der Waals surface area contributed by atoms with Gasteiger partial charge in [0.15, 0.2) is 0 Å². The van der Waals surface area contributed by atoms with E-state index in [0.717, 1.165) is 26.6 Å². The van der Waals surface area contributed by atoms with E-state index in [-0.39, 0.29) is 0 Å². The second kappa shape index (κ2) is 7.18. The molecule has 24 heavy (non-hydrogen) atoms. The van der Waals surface area contributed by atoms with E-state index in [4.69, 9.17) is 0 Å². The fraction of sp³-hybridized carbons (Fsp3) is 0.312. The highest BCUT2D eigenvalue weighted by Crippen LogP contribution is 2.28. The number of aryl methyl sites for hydroxylation is 2. The Kier molecular flexibility index (Phi) is 5.19. The molecule has 5 nitrogen and oxygen atoms in total. The van der Waals surface area contributed by atoms with Crippen molar-refractivity contribution in [1.29, 1.82) is 0 Å². The largest absolute Gasteiger partial charge is 0.275 e. The molecule has 0 fully saturated rings. The normalized spacial score (nSPS) is 11.9. The summed E-state index contributed by atoms with van der Waals surface area (Å²) in [4.78, 5) is 3.37. The molecular formula is C16H19N3O2S3. The van der Waals surface area contributed by atoms with Gasteiger partial charge in [-0.15, -0.1) is 22.7 Å². The molecular weight excluding hydrogens is 362 g/mol. The average Bonchev–Trinajstić information content (AvgIpc) is 3.26. The van der Waals surface area contributed by atoms with Crippen molar-refractivity contribution in [2.75, 3.05) is 6.54 Å². The third-order valence-corrected chi connectivity index (χ3v) is 7.94. The third-order valence-electron chi connectivity index (χ3n) is 3.56. The summed E-state index contributed by atoms with van der Waals surface area (Å²) in [5.74, 6) is 0. The van der Waals surface area contributed by atoms with E-state index in [1.54, 1.807) is 22.1 Å². The lowest BCUT2D eigenvalue weighted by Gasteiger charge is -2.03. The fourth-order valence-corrected chi connectivity index (χ4v) is 5.64. The van der Waals surface area contributed by atoms with Crippen molar-refractivity contribution in [2.24, 2.45) is 7.05 Å². The van der Waals surface area contributed by atoms with Crippen LogP contribution in [0.25, 0.3) is 10.4 Å². The van der Waals surface area contributed by atoms with Crippen LogP contribution in [0.2, 0.25) is 0 Å². The van der Waals surface area contributed by atoms with E-state index in [9.17, 15) is 8.42 Å². The minimum Gasteiger partial charge on any atom is -0.275 e. The van der Waals surface area contributed by atoms with Gasteiger partial charge in [-0.2, -0.15) is 5.10 Å². The lowest BCUT2D eigenvalue weighted by molar-refractivity contribution is 0.584. The number of nitrogens with one attached hydrogen (secondary N) is 1. The summed E-state index contributed by atoms with van der Waals surface area (Å²) in [6.07, 6.45) is 5.34. The number of hydrogen-bond donors (Lipinski definition) is 1. The number of sulfonamides is 1. The topological polar surface area (TPSA) is 64.0 Å². The van der Waals surface area contributed by atoms with Gasteiger partial charge in [-0.3, -0.25) is 4.68 Å². The summed E-state index contributed by atoms with van der Waals surface area (Å²) in [6, 6.07) is 7.65. The summed E-state index contributed by atoms with van der Waals surface area (Å²) in [5.41, 5.74) is 1.08. The molecule has 0 saturated heterocycles. The van der Waals surface area contributed by atoms with Gasteiger partial charge in [0, 0.05) is 40.0 Å². The maximum Gasteiger partial charge on any atom is 0.250 e. The molecule has 0 aliphatic carbocycles. The second-order valence-corrected chi connectivity index (χ2v) is 9.72. The zero-order valence-corrected chi connectivity index (χ0v) is 16.0. The fourth-order valence-electron chi connectivity index (χ4n) is 2.29. The van der Waals surface area contributed by atoms with Crippen molar-refractivity contribution in [2.45, 2.75) is 24.0 Å². The van der Waals surface area contributed by atoms with E-state index in [2.05, 4.69) is 15.9 Å². The van der Waals surface area contributed by atoms with Crippen molar-refractivity contribution < 1.29 is 8.42 Å². The molecule has 3 aromatic heterocycles. The number of hydrogen-bond acceptors (Lipinski definition) is 5. The van der Waals surface area contributed by atoms with Crippen LogP contribution in [0.4, 0.5) is 0 Å². The highest BCUT2D eigenvalue weighted by molar-refractivity contribution is 7.91. The Morgan fingerprint density at radius 1 is 1.17 bits per heavy atom. The molecule has 128 valence electrons. The smallest absolute Gasteiger partial charge is 0.250 e. The van der Waals surface area contributed by atoms with Crippen LogP contribution in [0.15, 0.2) is 40.9 Å². The predicted octanol–water partition coefficient (Wildman–Crippen LogP) is 3.29. The molecule has 3 rings (SSSR count). The quantitative estimate of drug-likeness (QED) is 0.683. The van der Waals surface area contributed by atoms with E-state index in [1.807, 2.05) is 38.5 Å². The number of rotatable bonds is 7. The van der Waals surface area contributed by atoms with Crippen LogP contribution >= 0.6 is 22.7 Å². The maximum atomic E-state index is 12.3. The second-order valence-electron chi connectivity index (χ2n) is 5.39. The van der Waals surface area contributed by atoms with Gasteiger partial charge in [-0.05, 0) is 37.1 Å². The van der Waals surface area contributed by atoms with Crippen molar-refractivity contribution >= 4 is 32.7 Å². The Balaban J connectivity index is 1.59. The monoisotopic (exact) mass is 381 g/mol. The van der Waals surface area contributed by atoms with Crippen LogP contribution in [0.5, 0.6) is 0 Å². The Morgan fingerprint density at radius 2 is 1.96 bits per heavy atom. The minimum atomic E-state index is -3.40. The number of nitrogens with zero attached hydrogens (tertiary/aromatic N) is 2. The highest BCUT2D eigenvalue weighted by atomic mass is 32.2. The summed E-state index contributed by atoms with van der Waals surface area (Å²) in [7, 11) is -1.51. The van der Waals surface area contributed by atoms with Crippen LogP contribution in [-0.2, 0) is 29.9 Å². The SMILES string of the molecule is CCc1ccc(S(=O)(=O)NCCc2ccc(-c3cnn(C)c3)s2)s1. The average molecular weight is 382 g/mol. The predicted molar refractivity (Wildman–Crippen MR) is 99.1 cm³/mol. The molecule has 0 amide bonds. The summed E-state index contributed by atoms with van der Waals surface area (Å²) in [6.45, 7) is 2.42. The number of thiophene rings is 2. The standard InChI is InChI=1S/C16H19N3O2S3/c1-3-13-5-7-16(23-13)24(20,21)18-9-8-14-4-6-15(22-14)12-10-17-19(2)11-12/h4-7,10-11,18H,3,8-9H2,1-2H3. The molecule has 3 heterocycles. The van der Waals surface area contributed by atoms with E-state index < -0.39 is 10.0 Å². The summed E-state index contributed by atoms with van der Waals surface area (Å²) >= 11 is 3.00. The van der Waals surface area contributed by atoms with E-state index in [1.165, 1.54) is 11.3 Å². The molecule has 0 bridgehead atoms. The van der Waals surface area contributed by atoms with E-state index in [0.29, 0.717) is 17.2 Å². The van der Waals surface area contributed by atoms with Gasteiger partial charge in [0.2, 0.25) is 10.0 Å². The Labute approximate surface area is 150 Å². The van der Waals surface area contributed by atoms with Crippen LogP contribution < -0.4 is 4.72 Å². The number of aromatic nitrogens is 2. The first-order chi connectivity index (χ1) is 11.5. The summed E-state index contributed by atoms with van der Waals surface area (Å²) < 4.78 is 29.4. The Morgan fingerprint density at radius 3 is 2.62 bits per heavy atom. The van der Waals surface area contributed by atoms with Crippen LogP contribution in [0.3, 0.4) is 0 Å². The molecule has 3 aromatic rings. The molecule has 0 radical (unpaired) electrons. The molecule has 1 N–H and O–H groups in total. The first-order valence-corrected chi connectivity index (χ1v) is 10.8. The van der Waals surface area contributed by atoms with Crippen molar-refractivity contribution in [3.8, 4) is 10.4 Å². The molecule has 0 aliphatic heterocycles. The van der Waals surface area contributed by atoms with Crippen molar-refractivity contribution in [3.63, 3.8) is 0 Å². The third kappa shape index (κ3) is 3.94. The lowest BCUT2D eigenvalue weighted by Crippen LogP contribution is -2.25. The van der Waals surface area contributed by atoms with Crippen molar-refractivity contribution in [3.05, 3.63) is 46.4 Å². The summed E-state index contributed by atoms with van der Waals surface area (Å²) in [5, 5.41) is 4.17.